The Labute approximate surface area is 257 Å². The lowest BCUT2D eigenvalue weighted by atomic mass is 9.76. The van der Waals surface area contributed by atoms with Crippen molar-refractivity contribution >= 4 is 5.97 Å². The fourth-order valence-electron chi connectivity index (χ4n) is 6.78. The van der Waals surface area contributed by atoms with Crippen LogP contribution >= 0.6 is 0 Å². The molecule has 2 aromatic rings. The van der Waals surface area contributed by atoms with E-state index in [1.165, 1.54) is 35.5 Å². The van der Waals surface area contributed by atoms with Crippen molar-refractivity contribution in [1.29, 1.82) is 0 Å². The van der Waals surface area contributed by atoms with Gasteiger partial charge in [0.1, 0.15) is 17.5 Å². The Morgan fingerprint density at radius 2 is 2.00 bits per heavy atom. The van der Waals surface area contributed by atoms with Crippen LogP contribution in [0.2, 0.25) is 0 Å². The average Bonchev–Trinajstić information content (AvgIpc) is 3.40. The number of unbranched alkanes of at least 4 members (excludes halogenated alkanes) is 1. The zero-order valence-corrected chi connectivity index (χ0v) is 26.9. The van der Waals surface area contributed by atoms with E-state index in [2.05, 4.69) is 30.9 Å². The van der Waals surface area contributed by atoms with E-state index in [9.17, 15) is 9.18 Å². The molecule has 6 nitrogen and oxygen atoms in total. The van der Waals surface area contributed by atoms with E-state index in [4.69, 9.17) is 19.2 Å². The first-order valence-corrected chi connectivity index (χ1v) is 16.4. The molecule has 7 heteroatoms. The summed E-state index contributed by atoms with van der Waals surface area (Å²) in [4.78, 5) is 20.8. The third kappa shape index (κ3) is 8.64. The van der Waals surface area contributed by atoms with E-state index in [0.717, 1.165) is 63.4 Å². The van der Waals surface area contributed by atoms with Gasteiger partial charge in [-0.1, -0.05) is 26.0 Å². The van der Waals surface area contributed by atoms with Gasteiger partial charge in [0.05, 0.1) is 12.2 Å². The maximum Gasteiger partial charge on any atom is 0.328 e. The summed E-state index contributed by atoms with van der Waals surface area (Å²) in [7, 11) is 0. The zero-order chi connectivity index (χ0) is 30.6. The fraction of sp³-hybridized carbons (Fsp3) is 0.667. The van der Waals surface area contributed by atoms with Crippen molar-refractivity contribution in [3.8, 4) is 0 Å². The van der Waals surface area contributed by atoms with Crippen LogP contribution in [0, 0.1) is 11.2 Å². The van der Waals surface area contributed by atoms with Gasteiger partial charge in [-0.3, -0.25) is 9.88 Å². The Kier molecular flexibility index (Phi) is 10.2. The van der Waals surface area contributed by atoms with Gasteiger partial charge in [0.15, 0.2) is 0 Å². The number of aromatic nitrogens is 1. The predicted molar refractivity (Wildman–Crippen MR) is 166 cm³/mol. The third-order valence-electron chi connectivity index (χ3n) is 9.07. The lowest BCUT2D eigenvalue weighted by Crippen LogP contribution is -2.38. The molecule has 0 radical (unpaired) electrons. The monoisotopic (exact) mass is 594 g/mol. The Bertz CT molecular complexity index is 1250. The lowest BCUT2D eigenvalue weighted by Gasteiger charge is -2.33. The second-order valence-corrected chi connectivity index (χ2v) is 14.5. The highest BCUT2D eigenvalue weighted by Gasteiger charge is 2.39. The summed E-state index contributed by atoms with van der Waals surface area (Å²) in [6.45, 7) is 12.9. The first-order chi connectivity index (χ1) is 20.5. The summed E-state index contributed by atoms with van der Waals surface area (Å²) in [5.74, 6) is -0.705. The average molecular weight is 595 g/mol. The van der Waals surface area contributed by atoms with E-state index in [1.807, 2.05) is 20.8 Å². The molecule has 0 saturated carbocycles. The second-order valence-electron chi connectivity index (χ2n) is 14.5. The molecule has 43 heavy (non-hydrogen) atoms. The Morgan fingerprint density at radius 3 is 2.77 bits per heavy atom. The molecule has 2 fully saturated rings. The Morgan fingerprint density at radius 1 is 1.16 bits per heavy atom. The number of pyridine rings is 1. The SMILES string of the molecule is CC1(C)CCc2ccc(CCCCO[C@@H]3CCN(C(C(=O)OC(C)(C)C)c4cc(F)ccc4[C@@H]4CCCCO4)C3)nc2C1. The number of likely N-dealkylation sites (tertiary alicyclic amines) is 1. The van der Waals surface area contributed by atoms with Gasteiger partial charge in [-0.2, -0.15) is 0 Å². The highest BCUT2D eigenvalue weighted by atomic mass is 19.1. The highest BCUT2D eigenvalue weighted by Crippen LogP contribution is 2.38. The maximum absolute atomic E-state index is 14.7. The molecule has 1 aliphatic carbocycles. The number of ether oxygens (including phenoxy) is 3. The first kappa shape index (κ1) is 32.1. The number of nitrogens with zero attached hydrogens (tertiary/aromatic N) is 2. The fourth-order valence-corrected chi connectivity index (χ4v) is 6.78. The standard InChI is InChI=1S/C36H51FN2O4/c1-35(2,3)43-34(40)33(30-22-26(37)13-15-29(30)32-11-7-9-21-42-32)39-19-17-28(24-39)41-20-8-6-10-27-14-12-25-16-18-36(4,5)23-31(25)38-27/h12-15,22,28,32-33H,6-11,16-21,23-24H2,1-5H3/t28-,32+,33?/m1/s1. The Hall–Kier alpha value is -2.35. The van der Waals surface area contributed by atoms with Gasteiger partial charge in [-0.05, 0) is 125 Å². The largest absolute Gasteiger partial charge is 0.459 e. The van der Waals surface area contributed by atoms with E-state index in [0.29, 0.717) is 37.3 Å². The number of carbonyl (C=O) groups excluding carboxylic acids is 1. The highest BCUT2D eigenvalue weighted by molar-refractivity contribution is 5.79. The molecule has 3 aliphatic rings. The molecule has 2 saturated heterocycles. The predicted octanol–water partition coefficient (Wildman–Crippen LogP) is 7.47. The number of hydrogen-bond donors (Lipinski definition) is 0. The van der Waals surface area contributed by atoms with Gasteiger partial charge in [-0.15, -0.1) is 0 Å². The molecule has 1 aromatic carbocycles. The molecule has 5 rings (SSSR count). The van der Waals surface area contributed by atoms with Crippen molar-refractivity contribution in [2.45, 2.75) is 123 Å². The summed E-state index contributed by atoms with van der Waals surface area (Å²) in [6, 6.07) is 8.54. The lowest BCUT2D eigenvalue weighted by molar-refractivity contribution is -0.161. The minimum Gasteiger partial charge on any atom is -0.459 e. The van der Waals surface area contributed by atoms with Crippen LogP contribution in [0.25, 0.3) is 0 Å². The summed E-state index contributed by atoms with van der Waals surface area (Å²) in [5, 5.41) is 0. The van der Waals surface area contributed by atoms with E-state index in [-0.39, 0.29) is 24.0 Å². The number of fused-ring (bicyclic) bond motifs is 1. The molecular weight excluding hydrogens is 543 g/mol. The molecule has 0 N–H and O–H groups in total. The molecule has 236 valence electrons. The number of halogens is 1. The molecule has 3 heterocycles. The number of hydrogen-bond acceptors (Lipinski definition) is 6. The van der Waals surface area contributed by atoms with Crippen LogP contribution in [-0.4, -0.2) is 53.9 Å². The summed E-state index contributed by atoms with van der Waals surface area (Å²) in [6.07, 6.45) is 10.0. The van der Waals surface area contributed by atoms with Crippen LogP contribution in [0.15, 0.2) is 30.3 Å². The number of benzene rings is 1. The van der Waals surface area contributed by atoms with Crippen LogP contribution in [0.3, 0.4) is 0 Å². The molecule has 3 atom stereocenters. The van der Waals surface area contributed by atoms with Gasteiger partial charge < -0.3 is 14.2 Å². The maximum atomic E-state index is 14.7. The van der Waals surface area contributed by atoms with Crippen LogP contribution in [0.5, 0.6) is 0 Å². The van der Waals surface area contributed by atoms with Crippen molar-refractivity contribution in [2.75, 3.05) is 26.3 Å². The molecular formula is C36H51FN2O4. The van der Waals surface area contributed by atoms with Crippen LogP contribution in [0.1, 0.15) is 120 Å². The van der Waals surface area contributed by atoms with Gasteiger partial charge in [0.2, 0.25) is 0 Å². The minimum absolute atomic E-state index is 0.0250. The van der Waals surface area contributed by atoms with Gasteiger partial charge >= 0.3 is 5.97 Å². The zero-order valence-electron chi connectivity index (χ0n) is 26.9. The van der Waals surface area contributed by atoms with Crippen molar-refractivity contribution in [2.24, 2.45) is 5.41 Å². The number of esters is 1. The molecule has 0 spiro atoms. The number of aryl methyl sites for hydroxylation is 2. The topological polar surface area (TPSA) is 60.9 Å². The van der Waals surface area contributed by atoms with Crippen molar-refractivity contribution in [1.82, 2.24) is 9.88 Å². The number of carbonyl (C=O) groups is 1. The third-order valence-corrected chi connectivity index (χ3v) is 9.07. The summed E-state index contributed by atoms with van der Waals surface area (Å²) < 4.78 is 33.0. The summed E-state index contributed by atoms with van der Waals surface area (Å²) >= 11 is 0. The Balaban J connectivity index is 1.19. The van der Waals surface area contributed by atoms with Gasteiger partial charge in [0.25, 0.3) is 0 Å². The quantitative estimate of drug-likeness (QED) is 0.210. The summed E-state index contributed by atoms with van der Waals surface area (Å²) in [5.41, 5.74) is 5.11. The second kappa shape index (κ2) is 13.7. The van der Waals surface area contributed by atoms with Crippen LogP contribution < -0.4 is 0 Å². The van der Waals surface area contributed by atoms with Gasteiger partial charge in [0, 0.05) is 37.7 Å². The van der Waals surface area contributed by atoms with Gasteiger partial charge in [-0.25, -0.2) is 9.18 Å². The van der Waals surface area contributed by atoms with E-state index >= 15 is 0 Å². The van der Waals surface area contributed by atoms with Crippen LogP contribution in [0.4, 0.5) is 4.39 Å². The molecule has 0 bridgehead atoms. The van der Waals surface area contributed by atoms with Crippen molar-refractivity contribution < 1.29 is 23.4 Å². The molecule has 1 unspecified atom stereocenters. The smallest absolute Gasteiger partial charge is 0.328 e. The molecule has 1 aromatic heterocycles. The minimum atomic E-state index is -0.705. The van der Waals surface area contributed by atoms with Crippen LogP contribution in [-0.2, 0) is 38.3 Å². The van der Waals surface area contributed by atoms with E-state index < -0.39 is 11.6 Å². The normalized spacial score (nSPS) is 23.1. The van der Waals surface area contributed by atoms with E-state index in [1.54, 1.807) is 6.07 Å². The van der Waals surface area contributed by atoms with Crippen molar-refractivity contribution in [3.05, 3.63) is 64.2 Å². The van der Waals surface area contributed by atoms with Crippen molar-refractivity contribution in [3.63, 3.8) is 0 Å². The molecule has 2 aliphatic heterocycles. The molecule has 0 amide bonds. The number of rotatable bonds is 10. The first-order valence-electron chi connectivity index (χ1n) is 16.4.